The number of amides is 3. The molecule has 3 amide bonds. The number of benzene rings is 2. The number of carbonyl (C=O) groups is 3. The topological polar surface area (TPSA) is 69.7 Å². The number of nitrogens with zero attached hydrogens (tertiary/aromatic N) is 2. The average molecular weight is 353 g/mol. The van der Waals surface area contributed by atoms with Gasteiger partial charge in [-0.3, -0.25) is 14.4 Å². The van der Waals surface area contributed by atoms with Gasteiger partial charge >= 0.3 is 0 Å². The molecule has 1 aliphatic heterocycles. The smallest absolute Gasteiger partial charge is 0.251 e. The minimum Gasteiger partial charge on any atom is -0.352 e. The van der Waals surface area contributed by atoms with Crippen molar-refractivity contribution in [3.8, 4) is 0 Å². The van der Waals surface area contributed by atoms with Crippen molar-refractivity contribution < 1.29 is 14.4 Å². The summed E-state index contributed by atoms with van der Waals surface area (Å²) in [7, 11) is 0. The molecule has 1 N–H and O–H groups in total. The largest absolute Gasteiger partial charge is 0.352 e. The summed E-state index contributed by atoms with van der Waals surface area (Å²) in [5.41, 5.74) is 0.589. The van der Waals surface area contributed by atoms with E-state index >= 15 is 0 Å². The van der Waals surface area contributed by atoms with Crippen molar-refractivity contribution in [1.29, 1.82) is 0 Å². The van der Waals surface area contributed by atoms with E-state index in [0.717, 1.165) is 10.8 Å². The maximum absolute atomic E-state index is 12.3. The van der Waals surface area contributed by atoms with Gasteiger partial charge in [-0.15, -0.1) is 0 Å². The van der Waals surface area contributed by atoms with Crippen LogP contribution in [0.4, 0.5) is 0 Å². The first-order valence-electron chi connectivity index (χ1n) is 8.85. The predicted octanol–water partition coefficient (Wildman–Crippen LogP) is 1.65. The van der Waals surface area contributed by atoms with E-state index in [9.17, 15) is 14.4 Å². The molecule has 6 heteroatoms. The molecule has 0 saturated carbocycles. The average Bonchev–Trinajstić information content (AvgIpc) is 2.67. The Kier molecular flexibility index (Phi) is 5.51. The number of hydrogen-bond donors (Lipinski definition) is 1. The molecule has 0 aliphatic carbocycles. The van der Waals surface area contributed by atoms with E-state index in [2.05, 4.69) is 5.32 Å². The number of carbonyl (C=O) groups excluding carboxylic acids is 3. The van der Waals surface area contributed by atoms with E-state index < -0.39 is 0 Å². The van der Waals surface area contributed by atoms with Crippen LogP contribution in [0.2, 0.25) is 0 Å². The van der Waals surface area contributed by atoms with E-state index in [0.29, 0.717) is 38.3 Å². The summed E-state index contributed by atoms with van der Waals surface area (Å²) >= 11 is 0. The van der Waals surface area contributed by atoms with Crippen LogP contribution in [0, 0.1) is 0 Å². The van der Waals surface area contributed by atoms with Crippen LogP contribution in [0.3, 0.4) is 0 Å². The minimum atomic E-state index is -0.176. The van der Waals surface area contributed by atoms with E-state index in [-0.39, 0.29) is 24.1 Å². The van der Waals surface area contributed by atoms with E-state index in [1.54, 1.807) is 22.8 Å². The maximum Gasteiger partial charge on any atom is 0.251 e. The van der Waals surface area contributed by atoms with Gasteiger partial charge in [-0.1, -0.05) is 30.3 Å². The monoisotopic (exact) mass is 353 g/mol. The molecule has 0 unspecified atom stereocenters. The van der Waals surface area contributed by atoms with Gasteiger partial charge in [0, 0.05) is 51.6 Å². The van der Waals surface area contributed by atoms with Crippen molar-refractivity contribution in [1.82, 2.24) is 15.1 Å². The molecule has 0 spiro atoms. The molecule has 1 fully saturated rings. The fourth-order valence-electron chi connectivity index (χ4n) is 3.14. The van der Waals surface area contributed by atoms with E-state index in [1.165, 1.54) is 0 Å². The second-order valence-corrected chi connectivity index (χ2v) is 6.45. The quantitative estimate of drug-likeness (QED) is 0.909. The van der Waals surface area contributed by atoms with Gasteiger partial charge in [-0.05, 0) is 22.9 Å². The van der Waals surface area contributed by atoms with Gasteiger partial charge in [0.2, 0.25) is 11.8 Å². The molecule has 6 nitrogen and oxygen atoms in total. The van der Waals surface area contributed by atoms with E-state index in [4.69, 9.17) is 0 Å². The van der Waals surface area contributed by atoms with Crippen molar-refractivity contribution in [2.24, 2.45) is 0 Å². The molecular formula is C20H23N3O3. The minimum absolute atomic E-state index is 0.00649. The summed E-state index contributed by atoms with van der Waals surface area (Å²) in [6, 6.07) is 13.4. The molecule has 1 heterocycles. The van der Waals surface area contributed by atoms with Crippen molar-refractivity contribution in [3.63, 3.8) is 0 Å². The van der Waals surface area contributed by atoms with Gasteiger partial charge in [0.15, 0.2) is 0 Å². The molecular weight excluding hydrogens is 330 g/mol. The van der Waals surface area contributed by atoms with Gasteiger partial charge in [-0.25, -0.2) is 0 Å². The van der Waals surface area contributed by atoms with Gasteiger partial charge < -0.3 is 15.1 Å². The van der Waals surface area contributed by atoms with Gasteiger partial charge in [0.1, 0.15) is 0 Å². The Morgan fingerprint density at radius 2 is 1.58 bits per heavy atom. The zero-order chi connectivity index (χ0) is 18.5. The third-order valence-electron chi connectivity index (χ3n) is 4.71. The van der Waals surface area contributed by atoms with Crippen LogP contribution >= 0.6 is 0 Å². The third kappa shape index (κ3) is 4.20. The molecule has 0 bridgehead atoms. The maximum atomic E-state index is 12.3. The second kappa shape index (κ2) is 7.99. The summed E-state index contributed by atoms with van der Waals surface area (Å²) < 4.78 is 0. The summed E-state index contributed by atoms with van der Waals surface area (Å²) in [4.78, 5) is 39.3. The van der Waals surface area contributed by atoms with Crippen LogP contribution in [0.15, 0.2) is 42.5 Å². The SMILES string of the molecule is CC(=O)N1CCN(C(=O)CCNC(=O)c2ccc3ccccc3c2)CC1. The molecule has 26 heavy (non-hydrogen) atoms. The first-order chi connectivity index (χ1) is 12.5. The number of rotatable bonds is 4. The number of piperazine rings is 1. The van der Waals surface area contributed by atoms with Crippen LogP contribution in [0.25, 0.3) is 10.8 Å². The van der Waals surface area contributed by atoms with Crippen molar-refractivity contribution >= 4 is 28.5 Å². The van der Waals surface area contributed by atoms with Crippen molar-refractivity contribution in [3.05, 3.63) is 48.0 Å². The lowest BCUT2D eigenvalue weighted by Gasteiger charge is -2.34. The number of nitrogens with one attached hydrogen (secondary N) is 1. The molecule has 2 aromatic rings. The highest BCUT2D eigenvalue weighted by Gasteiger charge is 2.22. The number of fused-ring (bicyclic) bond motifs is 1. The Morgan fingerprint density at radius 3 is 2.27 bits per heavy atom. The summed E-state index contributed by atoms with van der Waals surface area (Å²) in [5.74, 6) is -0.128. The Labute approximate surface area is 152 Å². The van der Waals surface area contributed by atoms with E-state index in [1.807, 2.05) is 36.4 Å². The highest BCUT2D eigenvalue weighted by Crippen LogP contribution is 2.15. The standard InChI is InChI=1S/C20H23N3O3/c1-15(24)22-10-12-23(13-11-22)19(25)8-9-21-20(26)18-7-6-16-4-2-3-5-17(16)14-18/h2-7,14H,8-13H2,1H3,(H,21,26). The summed E-state index contributed by atoms with van der Waals surface area (Å²) in [5, 5.41) is 4.91. The molecule has 2 aromatic carbocycles. The van der Waals surface area contributed by atoms with Gasteiger partial charge in [0.25, 0.3) is 5.91 Å². The molecule has 136 valence electrons. The lowest BCUT2D eigenvalue weighted by molar-refractivity contribution is -0.138. The highest BCUT2D eigenvalue weighted by molar-refractivity contribution is 5.98. The molecule has 0 radical (unpaired) electrons. The third-order valence-corrected chi connectivity index (χ3v) is 4.71. The molecule has 1 saturated heterocycles. The fourth-order valence-corrected chi connectivity index (χ4v) is 3.14. The van der Waals surface area contributed by atoms with Crippen LogP contribution in [-0.4, -0.2) is 60.2 Å². The molecule has 0 atom stereocenters. The Hall–Kier alpha value is -2.89. The predicted molar refractivity (Wildman–Crippen MR) is 99.7 cm³/mol. The zero-order valence-electron chi connectivity index (χ0n) is 14.9. The van der Waals surface area contributed by atoms with Crippen LogP contribution in [0.5, 0.6) is 0 Å². The Balaban J connectivity index is 1.47. The Morgan fingerprint density at radius 1 is 0.923 bits per heavy atom. The zero-order valence-corrected chi connectivity index (χ0v) is 14.9. The van der Waals surface area contributed by atoms with Crippen LogP contribution in [0.1, 0.15) is 23.7 Å². The second-order valence-electron chi connectivity index (χ2n) is 6.45. The molecule has 3 rings (SSSR count). The number of hydrogen-bond acceptors (Lipinski definition) is 3. The molecule has 0 aromatic heterocycles. The van der Waals surface area contributed by atoms with Crippen molar-refractivity contribution in [2.45, 2.75) is 13.3 Å². The molecule has 1 aliphatic rings. The Bertz CT molecular complexity index is 826. The lowest BCUT2D eigenvalue weighted by atomic mass is 10.1. The lowest BCUT2D eigenvalue weighted by Crippen LogP contribution is -2.50. The van der Waals surface area contributed by atoms with Crippen molar-refractivity contribution in [2.75, 3.05) is 32.7 Å². The first kappa shape index (κ1) is 17.9. The highest BCUT2D eigenvalue weighted by atomic mass is 16.2. The summed E-state index contributed by atoms with van der Waals surface area (Å²) in [6.45, 7) is 4.10. The normalized spacial score (nSPS) is 14.3. The summed E-state index contributed by atoms with van der Waals surface area (Å²) in [6.07, 6.45) is 0.263. The van der Waals surface area contributed by atoms with Gasteiger partial charge in [0.05, 0.1) is 0 Å². The fraction of sp³-hybridized carbons (Fsp3) is 0.350. The van der Waals surface area contributed by atoms with Crippen LogP contribution in [-0.2, 0) is 9.59 Å². The van der Waals surface area contributed by atoms with Gasteiger partial charge in [-0.2, -0.15) is 0 Å². The first-order valence-corrected chi connectivity index (χ1v) is 8.85. The van der Waals surface area contributed by atoms with Crippen LogP contribution < -0.4 is 5.32 Å².